The Morgan fingerprint density at radius 1 is 1.29 bits per heavy atom. The number of nitrogens with zero attached hydrogens (tertiary/aromatic N) is 2. The number of H-pyrrole nitrogens is 2. The molecule has 3 aromatic heterocycles. The van der Waals surface area contributed by atoms with Gasteiger partial charge in [0, 0.05) is 0 Å². The first-order chi connectivity index (χ1) is 10.0. The summed E-state index contributed by atoms with van der Waals surface area (Å²) in [6.07, 6.45) is 0.770. The van der Waals surface area contributed by atoms with E-state index in [0.717, 1.165) is 0 Å². The van der Waals surface area contributed by atoms with Gasteiger partial charge >= 0.3 is 5.69 Å². The summed E-state index contributed by atoms with van der Waals surface area (Å²) in [5.74, 6) is 0. The second-order valence-electron chi connectivity index (χ2n) is 4.18. The lowest BCUT2D eigenvalue weighted by molar-refractivity contribution is 0.0967. The van der Waals surface area contributed by atoms with E-state index in [1.807, 2.05) is 0 Å². The number of thiophene rings is 1. The van der Waals surface area contributed by atoms with E-state index < -0.39 is 24.0 Å². The third-order valence-corrected chi connectivity index (χ3v) is 4.99. The second kappa shape index (κ2) is 5.22. The minimum Gasteiger partial charge on any atom is -0.393 e. The SMILES string of the molecule is CSc1c(C(O)CO)sc2nc3[nH]c(=O)[nH]c(=O)c3nc12. The van der Waals surface area contributed by atoms with E-state index in [1.54, 1.807) is 6.26 Å². The van der Waals surface area contributed by atoms with Crippen molar-refractivity contribution in [1.82, 2.24) is 19.9 Å². The Morgan fingerprint density at radius 3 is 2.71 bits per heavy atom. The van der Waals surface area contributed by atoms with Gasteiger partial charge in [0.2, 0.25) is 0 Å². The van der Waals surface area contributed by atoms with Crippen LogP contribution in [0.2, 0.25) is 0 Å². The standard InChI is InChI=1S/C11H10N4O4S2/c1-20-7-4-10(21-6(7)3(17)2-16)13-8-5(12-4)9(18)15-11(19)14-8/h3,16-17H,2H2,1H3,(H2,13,14,15,18,19). The van der Waals surface area contributed by atoms with Crippen LogP contribution in [0, 0.1) is 0 Å². The van der Waals surface area contributed by atoms with Crippen LogP contribution in [0.3, 0.4) is 0 Å². The van der Waals surface area contributed by atoms with Crippen LogP contribution in [0.1, 0.15) is 11.0 Å². The smallest absolute Gasteiger partial charge is 0.327 e. The van der Waals surface area contributed by atoms with Crippen LogP contribution in [0.25, 0.3) is 21.5 Å². The Labute approximate surface area is 124 Å². The zero-order valence-corrected chi connectivity index (χ0v) is 12.3. The fourth-order valence-electron chi connectivity index (χ4n) is 1.95. The summed E-state index contributed by atoms with van der Waals surface area (Å²) in [7, 11) is 0. The fraction of sp³-hybridized carbons (Fsp3) is 0.273. The number of nitrogens with one attached hydrogen (secondary N) is 2. The molecule has 0 radical (unpaired) electrons. The molecule has 110 valence electrons. The number of rotatable bonds is 3. The van der Waals surface area contributed by atoms with Gasteiger partial charge in [-0.3, -0.25) is 14.8 Å². The summed E-state index contributed by atoms with van der Waals surface area (Å²) in [4.78, 5) is 37.7. The monoisotopic (exact) mass is 326 g/mol. The van der Waals surface area contributed by atoms with Gasteiger partial charge in [-0.15, -0.1) is 23.1 Å². The molecule has 0 saturated carbocycles. The molecular formula is C11H10N4O4S2. The van der Waals surface area contributed by atoms with Gasteiger partial charge in [-0.25, -0.2) is 14.8 Å². The van der Waals surface area contributed by atoms with Crippen LogP contribution in [0.15, 0.2) is 14.5 Å². The first-order valence-corrected chi connectivity index (χ1v) is 7.89. The number of aromatic amines is 2. The Balaban J connectivity index is 2.42. The maximum absolute atomic E-state index is 11.8. The van der Waals surface area contributed by atoms with Crippen LogP contribution in [-0.4, -0.2) is 43.0 Å². The van der Waals surface area contributed by atoms with Crippen molar-refractivity contribution in [3.05, 3.63) is 25.7 Å². The lowest BCUT2D eigenvalue weighted by atomic mass is 10.3. The van der Waals surface area contributed by atoms with Gasteiger partial charge in [-0.1, -0.05) is 0 Å². The number of aromatic nitrogens is 4. The Kier molecular flexibility index (Phi) is 3.53. The van der Waals surface area contributed by atoms with Gasteiger partial charge in [0.25, 0.3) is 5.56 Å². The van der Waals surface area contributed by atoms with E-state index in [-0.39, 0.29) is 11.2 Å². The van der Waals surface area contributed by atoms with E-state index in [0.29, 0.717) is 20.1 Å². The lowest BCUT2D eigenvalue weighted by Gasteiger charge is -2.05. The zero-order valence-electron chi connectivity index (χ0n) is 10.7. The molecule has 0 saturated heterocycles. The highest BCUT2D eigenvalue weighted by molar-refractivity contribution is 7.99. The van der Waals surface area contributed by atoms with Gasteiger partial charge in [-0.05, 0) is 6.26 Å². The normalized spacial score (nSPS) is 13.1. The van der Waals surface area contributed by atoms with Crippen molar-refractivity contribution in [1.29, 1.82) is 0 Å². The number of hydrogen-bond acceptors (Lipinski definition) is 8. The molecule has 3 heterocycles. The van der Waals surface area contributed by atoms with Crippen molar-refractivity contribution < 1.29 is 10.2 Å². The maximum atomic E-state index is 11.8. The molecule has 0 bridgehead atoms. The third-order valence-electron chi connectivity index (χ3n) is 2.86. The molecule has 3 aromatic rings. The zero-order chi connectivity index (χ0) is 15.1. The van der Waals surface area contributed by atoms with Gasteiger partial charge < -0.3 is 10.2 Å². The summed E-state index contributed by atoms with van der Waals surface area (Å²) < 4.78 is 0. The molecule has 4 N–H and O–H groups in total. The van der Waals surface area contributed by atoms with Gasteiger partial charge in [-0.2, -0.15) is 0 Å². The molecule has 0 aliphatic rings. The summed E-state index contributed by atoms with van der Waals surface area (Å²) in [5, 5.41) is 19.0. The minimum atomic E-state index is -1.03. The average molecular weight is 326 g/mol. The molecule has 1 atom stereocenters. The molecule has 21 heavy (non-hydrogen) atoms. The first kappa shape index (κ1) is 14.2. The molecule has 3 rings (SSSR count). The van der Waals surface area contributed by atoms with Gasteiger partial charge in [0.05, 0.1) is 16.4 Å². The van der Waals surface area contributed by atoms with Gasteiger partial charge in [0.15, 0.2) is 11.2 Å². The van der Waals surface area contributed by atoms with Crippen molar-refractivity contribution in [2.24, 2.45) is 0 Å². The van der Waals surface area contributed by atoms with E-state index in [1.165, 1.54) is 23.1 Å². The summed E-state index contributed by atoms with van der Waals surface area (Å²) >= 11 is 2.51. The van der Waals surface area contributed by atoms with Crippen LogP contribution in [0.5, 0.6) is 0 Å². The maximum Gasteiger partial charge on any atom is 0.327 e. The molecule has 0 spiro atoms. The van der Waals surface area contributed by atoms with E-state index in [2.05, 4.69) is 19.9 Å². The average Bonchev–Trinajstić information content (AvgIpc) is 2.81. The van der Waals surface area contributed by atoms with E-state index in [4.69, 9.17) is 5.11 Å². The van der Waals surface area contributed by atoms with Crippen molar-refractivity contribution in [2.45, 2.75) is 11.0 Å². The van der Waals surface area contributed by atoms with Crippen LogP contribution >= 0.6 is 23.1 Å². The summed E-state index contributed by atoms with van der Waals surface area (Å²) in [5.41, 5.74) is -0.681. The molecule has 0 aliphatic heterocycles. The Bertz CT molecular complexity index is 945. The second-order valence-corrected chi connectivity index (χ2v) is 6.03. The van der Waals surface area contributed by atoms with Crippen LogP contribution < -0.4 is 11.2 Å². The number of fused-ring (bicyclic) bond motifs is 2. The predicted octanol–water partition coefficient (Wildman–Crippen LogP) is -0.0313. The Morgan fingerprint density at radius 2 is 2.05 bits per heavy atom. The number of aliphatic hydroxyl groups is 2. The molecular weight excluding hydrogens is 316 g/mol. The van der Waals surface area contributed by atoms with Crippen molar-refractivity contribution in [3.63, 3.8) is 0 Å². The molecule has 10 heteroatoms. The molecule has 0 aliphatic carbocycles. The van der Waals surface area contributed by atoms with Crippen LogP contribution in [0.4, 0.5) is 0 Å². The number of hydrogen-bond donors (Lipinski definition) is 4. The predicted molar refractivity (Wildman–Crippen MR) is 80.0 cm³/mol. The van der Waals surface area contributed by atoms with Crippen molar-refractivity contribution in [3.8, 4) is 0 Å². The quantitative estimate of drug-likeness (QED) is 0.497. The molecule has 1 unspecified atom stereocenters. The van der Waals surface area contributed by atoms with Crippen molar-refractivity contribution >= 4 is 44.6 Å². The minimum absolute atomic E-state index is 0.0280. The highest BCUT2D eigenvalue weighted by Crippen LogP contribution is 2.38. The molecule has 8 nitrogen and oxygen atoms in total. The lowest BCUT2D eigenvalue weighted by Crippen LogP contribution is -2.23. The third kappa shape index (κ3) is 2.25. The number of thioether (sulfide) groups is 1. The summed E-state index contributed by atoms with van der Waals surface area (Å²) in [6.45, 7) is -0.419. The molecule has 0 amide bonds. The van der Waals surface area contributed by atoms with Crippen LogP contribution in [-0.2, 0) is 0 Å². The molecule has 0 aromatic carbocycles. The van der Waals surface area contributed by atoms with E-state index >= 15 is 0 Å². The largest absolute Gasteiger partial charge is 0.393 e. The highest BCUT2D eigenvalue weighted by atomic mass is 32.2. The summed E-state index contributed by atoms with van der Waals surface area (Å²) in [6, 6.07) is 0. The van der Waals surface area contributed by atoms with Gasteiger partial charge in [0.1, 0.15) is 16.5 Å². The highest BCUT2D eigenvalue weighted by Gasteiger charge is 2.21. The number of aliphatic hydroxyl groups excluding tert-OH is 2. The topological polar surface area (TPSA) is 132 Å². The Hall–Kier alpha value is -1.75. The molecule has 0 fully saturated rings. The fourth-order valence-corrected chi connectivity index (χ4v) is 4.05. The van der Waals surface area contributed by atoms with Crippen molar-refractivity contribution in [2.75, 3.05) is 12.9 Å². The first-order valence-electron chi connectivity index (χ1n) is 5.84. The van der Waals surface area contributed by atoms with E-state index in [9.17, 15) is 14.7 Å².